The molecular formula is C23H22FN5O2. The fourth-order valence-corrected chi connectivity index (χ4v) is 4.03. The molecule has 0 atom stereocenters. The third kappa shape index (κ3) is 3.43. The first-order valence-electron chi connectivity index (χ1n) is 10.2. The maximum atomic E-state index is 13.7. The highest BCUT2D eigenvalue weighted by Gasteiger charge is 2.26. The Morgan fingerprint density at radius 3 is 2.61 bits per heavy atom. The highest BCUT2D eigenvalue weighted by molar-refractivity contribution is 5.94. The van der Waals surface area contributed by atoms with Gasteiger partial charge in [-0.2, -0.15) is 9.61 Å². The van der Waals surface area contributed by atoms with Gasteiger partial charge < -0.3 is 14.2 Å². The van der Waals surface area contributed by atoms with E-state index in [-0.39, 0.29) is 11.7 Å². The predicted octanol–water partition coefficient (Wildman–Crippen LogP) is 3.71. The molecule has 0 N–H and O–H groups in total. The second-order valence-corrected chi connectivity index (χ2v) is 7.75. The van der Waals surface area contributed by atoms with Gasteiger partial charge in [-0.25, -0.2) is 9.37 Å². The van der Waals surface area contributed by atoms with Crippen molar-refractivity contribution in [3.63, 3.8) is 0 Å². The zero-order valence-corrected chi connectivity index (χ0v) is 17.4. The van der Waals surface area contributed by atoms with Crippen LogP contribution in [-0.2, 0) is 0 Å². The monoisotopic (exact) mass is 419 g/mol. The maximum absolute atomic E-state index is 13.7. The van der Waals surface area contributed by atoms with Crippen molar-refractivity contribution in [1.29, 1.82) is 0 Å². The number of amides is 1. The number of nitrogens with zero attached hydrogens (tertiary/aromatic N) is 5. The molecular weight excluding hydrogens is 397 g/mol. The van der Waals surface area contributed by atoms with Crippen molar-refractivity contribution in [2.75, 3.05) is 31.1 Å². The number of piperazine rings is 1. The number of hydrogen-bond acceptors (Lipinski definition) is 5. The lowest BCUT2D eigenvalue weighted by molar-refractivity contribution is 0.0745. The summed E-state index contributed by atoms with van der Waals surface area (Å²) < 4.78 is 20.6. The zero-order valence-electron chi connectivity index (χ0n) is 17.4. The molecule has 158 valence electrons. The molecule has 1 aromatic carbocycles. The Morgan fingerprint density at radius 1 is 1.10 bits per heavy atom. The molecule has 31 heavy (non-hydrogen) atoms. The molecule has 5 rings (SSSR count). The van der Waals surface area contributed by atoms with Gasteiger partial charge in [0.05, 0.1) is 17.5 Å². The van der Waals surface area contributed by atoms with E-state index in [1.807, 2.05) is 35.4 Å². The van der Waals surface area contributed by atoms with Crippen LogP contribution in [0.4, 0.5) is 10.2 Å². The smallest absolute Gasteiger partial charge is 0.257 e. The Hall–Kier alpha value is -3.68. The molecule has 0 spiro atoms. The minimum absolute atomic E-state index is 0.0198. The average Bonchev–Trinajstić information content (AvgIpc) is 3.45. The van der Waals surface area contributed by atoms with Gasteiger partial charge in [-0.3, -0.25) is 4.79 Å². The molecule has 7 nitrogen and oxygen atoms in total. The van der Waals surface area contributed by atoms with Crippen molar-refractivity contribution < 1.29 is 13.6 Å². The summed E-state index contributed by atoms with van der Waals surface area (Å²) in [6.45, 7) is 6.57. The topological polar surface area (TPSA) is 66.9 Å². The van der Waals surface area contributed by atoms with Crippen molar-refractivity contribution in [3.8, 4) is 11.3 Å². The van der Waals surface area contributed by atoms with E-state index in [1.165, 1.54) is 24.7 Å². The van der Waals surface area contributed by atoms with Gasteiger partial charge in [0.1, 0.15) is 17.9 Å². The molecule has 3 aromatic heterocycles. The van der Waals surface area contributed by atoms with E-state index >= 15 is 0 Å². The summed E-state index contributed by atoms with van der Waals surface area (Å²) in [5, 5.41) is 4.75. The maximum Gasteiger partial charge on any atom is 0.257 e. The van der Waals surface area contributed by atoms with Gasteiger partial charge in [0.25, 0.3) is 5.91 Å². The van der Waals surface area contributed by atoms with Crippen molar-refractivity contribution >= 4 is 17.4 Å². The minimum atomic E-state index is -0.298. The number of furan rings is 1. The van der Waals surface area contributed by atoms with Gasteiger partial charge in [-0.05, 0) is 32.0 Å². The van der Waals surface area contributed by atoms with Crippen LogP contribution in [-0.4, -0.2) is 51.6 Å². The Bertz CT molecular complexity index is 1260. The van der Waals surface area contributed by atoms with Gasteiger partial charge in [0.15, 0.2) is 5.65 Å². The zero-order chi connectivity index (χ0) is 21.5. The summed E-state index contributed by atoms with van der Waals surface area (Å²) in [7, 11) is 0. The molecule has 0 bridgehead atoms. The summed E-state index contributed by atoms with van der Waals surface area (Å²) in [4.78, 5) is 21.4. The molecule has 1 aliphatic rings. The van der Waals surface area contributed by atoms with Crippen molar-refractivity contribution in [3.05, 3.63) is 71.6 Å². The van der Waals surface area contributed by atoms with Gasteiger partial charge in [0, 0.05) is 49.1 Å². The number of halogens is 1. The fourth-order valence-electron chi connectivity index (χ4n) is 4.03. The number of fused-ring (bicyclic) bond motifs is 1. The first-order chi connectivity index (χ1) is 15.0. The van der Waals surface area contributed by atoms with Crippen molar-refractivity contribution in [2.24, 2.45) is 0 Å². The molecule has 4 aromatic rings. The molecule has 1 saturated heterocycles. The van der Waals surface area contributed by atoms with Crippen LogP contribution in [0.5, 0.6) is 0 Å². The summed E-state index contributed by atoms with van der Waals surface area (Å²) in [6.07, 6.45) is 2.99. The summed E-state index contributed by atoms with van der Waals surface area (Å²) in [5.41, 5.74) is 4.63. The number of carbonyl (C=O) groups excluding carboxylic acids is 1. The Labute approximate surface area is 178 Å². The number of hydrogen-bond donors (Lipinski definition) is 0. The summed E-state index contributed by atoms with van der Waals surface area (Å²) >= 11 is 0. The van der Waals surface area contributed by atoms with Gasteiger partial charge >= 0.3 is 0 Å². The van der Waals surface area contributed by atoms with Crippen LogP contribution in [0.1, 0.15) is 21.6 Å². The fraction of sp³-hybridized carbons (Fsp3) is 0.261. The quantitative estimate of drug-likeness (QED) is 0.507. The standard InChI is InChI=1S/C23H22FN5O2/c1-15-16(2)25-21-13-20(17-4-3-5-19(24)12-17)26-29(21)22(15)27-7-9-28(10-8-27)23(30)18-6-11-31-14-18/h3-6,11-14H,7-10H2,1-2H3. The van der Waals surface area contributed by atoms with E-state index in [1.54, 1.807) is 12.1 Å². The van der Waals surface area contributed by atoms with Crippen LogP contribution in [0.3, 0.4) is 0 Å². The highest BCUT2D eigenvalue weighted by atomic mass is 19.1. The average molecular weight is 419 g/mol. The Morgan fingerprint density at radius 2 is 1.90 bits per heavy atom. The second-order valence-electron chi connectivity index (χ2n) is 7.75. The minimum Gasteiger partial charge on any atom is -0.472 e. The second kappa shape index (κ2) is 7.54. The van der Waals surface area contributed by atoms with E-state index < -0.39 is 0 Å². The SMILES string of the molecule is Cc1nc2cc(-c3cccc(F)c3)nn2c(N2CCN(C(=O)c3ccoc3)CC2)c1C. The molecule has 1 aliphatic heterocycles. The molecule has 0 aliphatic carbocycles. The number of carbonyl (C=O) groups is 1. The lowest BCUT2D eigenvalue weighted by Gasteiger charge is -2.36. The van der Waals surface area contributed by atoms with E-state index in [9.17, 15) is 9.18 Å². The normalized spacial score (nSPS) is 14.4. The molecule has 8 heteroatoms. The lowest BCUT2D eigenvalue weighted by atomic mass is 10.1. The molecule has 1 fully saturated rings. The third-order valence-electron chi connectivity index (χ3n) is 5.81. The van der Waals surface area contributed by atoms with E-state index in [4.69, 9.17) is 9.52 Å². The van der Waals surface area contributed by atoms with Crippen LogP contribution in [0.2, 0.25) is 0 Å². The summed E-state index contributed by atoms with van der Waals surface area (Å²) in [6, 6.07) is 9.97. The first-order valence-corrected chi connectivity index (χ1v) is 10.2. The highest BCUT2D eigenvalue weighted by Crippen LogP contribution is 2.28. The predicted molar refractivity (Wildman–Crippen MR) is 115 cm³/mol. The van der Waals surface area contributed by atoms with E-state index in [2.05, 4.69) is 9.88 Å². The number of anilines is 1. The Kier molecular flexibility index (Phi) is 4.69. The first kappa shape index (κ1) is 19.3. The van der Waals surface area contributed by atoms with Crippen LogP contribution in [0, 0.1) is 19.7 Å². The molecule has 0 radical (unpaired) electrons. The van der Waals surface area contributed by atoms with Gasteiger partial charge in [0.2, 0.25) is 0 Å². The lowest BCUT2D eigenvalue weighted by Crippen LogP contribution is -2.49. The third-order valence-corrected chi connectivity index (χ3v) is 5.81. The van der Waals surface area contributed by atoms with Crippen LogP contribution < -0.4 is 4.90 Å². The van der Waals surface area contributed by atoms with Crippen LogP contribution >= 0.6 is 0 Å². The number of aromatic nitrogens is 3. The van der Waals surface area contributed by atoms with Crippen molar-refractivity contribution in [1.82, 2.24) is 19.5 Å². The largest absolute Gasteiger partial charge is 0.472 e. The van der Waals surface area contributed by atoms with Gasteiger partial charge in [-0.1, -0.05) is 12.1 Å². The molecule has 0 saturated carbocycles. The molecule has 4 heterocycles. The van der Waals surface area contributed by atoms with Crippen LogP contribution in [0.15, 0.2) is 53.3 Å². The summed E-state index contributed by atoms with van der Waals surface area (Å²) in [5.74, 6) is 0.641. The van der Waals surface area contributed by atoms with Crippen LogP contribution in [0.25, 0.3) is 16.9 Å². The number of benzene rings is 1. The molecule has 0 unspecified atom stereocenters. The molecule has 1 amide bonds. The van der Waals surface area contributed by atoms with Gasteiger partial charge in [-0.15, -0.1) is 0 Å². The number of aryl methyl sites for hydroxylation is 1. The van der Waals surface area contributed by atoms with Crippen molar-refractivity contribution in [2.45, 2.75) is 13.8 Å². The number of rotatable bonds is 3. The Balaban J connectivity index is 1.47. The van der Waals surface area contributed by atoms with E-state index in [0.717, 1.165) is 17.1 Å². The van der Waals surface area contributed by atoms with E-state index in [0.29, 0.717) is 48.6 Å².